The third kappa shape index (κ3) is 2.06. The van der Waals surface area contributed by atoms with Crippen LogP contribution in [0.2, 0.25) is 0 Å². The number of nitrogens with zero attached hydrogens (tertiary/aromatic N) is 2. The first-order valence-corrected chi connectivity index (χ1v) is 5.21. The molecule has 1 aromatic heterocycles. The minimum Gasteiger partial charge on any atom is -0.399 e. The van der Waals surface area contributed by atoms with E-state index in [1.165, 1.54) is 0 Å². The van der Waals surface area contributed by atoms with Gasteiger partial charge >= 0.3 is 0 Å². The molecule has 0 unspecified atom stereocenters. The zero-order chi connectivity index (χ0) is 11.5. The van der Waals surface area contributed by atoms with E-state index in [1.807, 2.05) is 42.0 Å². The van der Waals surface area contributed by atoms with Gasteiger partial charge in [-0.1, -0.05) is 0 Å². The zero-order valence-corrected chi connectivity index (χ0v) is 9.22. The summed E-state index contributed by atoms with van der Waals surface area (Å²) in [4.78, 5) is 4.44. The molecular formula is C12H15N3O. The number of rotatable bonds is 3. The highest BCUT2D eigenvalue weighted by molar-refractivity contribution is 5.59. The molecule has 0 aliphatic heterocycles. The summed E-state index contributed by atoms with van der Waals surface area (Å²) in [5.41, 5.74) is 8.33. The summed E-state index contributed by atoms with van der Waals surface area (Å²) in [5, 5.41) is 8.98. The van der Waals surface area contributed by atoms with Crippen LogP contribution < -0.4 is 5.73 Å². The van der Waals surface area contributed by atoms with Gasteiger partial charge in [-0.2, -0.15) is 0 Å². The van der Waals surface area contributed by atoms with E-state index in [0.29, 0.717) is 6.54 Å². The highest BCUT2D eigenvalue weighted by Gasteiger charge is 2.07. The maximum Gasteiger partial charge on any atom is 0.140 e. The fraction of sp³-hybridized carbons (Fsp3) is 0.250. The van der Waals surface area contributed by atoms with Gasteiger partial charge in [0.15, 0.2) is 0 Å². The first-order valence-electron chi connectivity index (χ1n) is 5.21. The number of hydrogen-bond acceptors (Lipinski definition) is 3. The third-order valence-electron chi connectivity index (χ3n) is 2.41. The molecule has 0 saturated heterocycles. The van der Waals surface area contributed by atoms with Gasteiger partial charge in [0.05, 0.1) is 12.3 Å². The van der Waals surface area contributed by atoms with Crippen molar-refractivity contribution >= 4 is 5.69 Å². The summed E-state index contributed by atoms with van der Waals surface area (Å²) in [6.45, 7) is 2.60. The molecule has 0 aliphatic rings. The molecule has 0 aliphatic carbocycles. The maximum atomic E-state index is 8.98. The molecule has 2 rings (SSSR count). The molecule has 0 atom stereocenters. The average Bonchev–Trinajstić information content (AvgIpc) is 2.61. The van der Waals surface area contributed by atoms with Crippen LogP contribution in [0.5, 0.6) is 0 Å². The van der Waals surface area contributed by atoms with Gasteiger partial charge in [0.1, 0.15) is 5.82 Å². The molecule has 2 aromatic rings. The standard InChI is InChI=1S/C12H15N3O/c1-9-8-15(6-7-16)12(14-9)10-2-4-11(13)5-3-10/h2-5,8,16H,6-7,13H2,1H3. The van der Waals surface area contributed by atoms with Gasteiger partial charge in [-0.15, -0.1) is 0 Å². The molecule has 4 nitrogen and oxygen atoms in total. The second-order valence-electron chi connectivity index (χ2n) is 3.74. The first-order chi connectivity index (χ1) is 7.70. The topological polar surface area (TPSA) is 64.1 Å². The van der Waals surface area contributed by atoms with E-state index in [-0.39, 0.29) is 6.61 Å². The van der Waals surface area contributed by atoms with Crippen molar-refractivity contribution in [3.05, 3.63) is 36.2 Å². The minimum atomic E-state index is 0.109. The molecule has 84 valence electrons. The average molecular weight is 217 g/mol. The van der Waals surface area contributed by atoms with Gasteiger partial charge in [-0.25, -0.2) is 4.98 Å². The van der Waals surface area contributed by atoms with E-state index in [2.05, 4.69) is 4.98 Å². The molecule has 0 bridgehead atoms. The number of benzene rings is 1. The second-order valence-corrected chi connectivity index (χ2v) is 3.74. The van der Waals surface area contributed by atoms with Gasteiger partial charge in [0, 0.05) is 24.0 Å². The van der Waals surface area contributed by atoms with E-state index in [1.54, 1.807) is 0 Å². The lowest BCUT2D eigenvalue weighted by molar-refractivity contribution is 0.276. The fourth-order valence-electron chi connectivity index (χ4n) is 1.69. The lowest BCUT2D eigenvalue weighted by Crippen LogP contribution is -2.02. The summed E-state index contributed by atoms with van der Waals surface area (Å²) in [6, 6.07) is 7.57. The quantitative estimate of drug-likeness (QED) is 0.764. The lowest BCUT2D eigenvalue weighted by Gasteiger charge is -2.05. The predicted molar refractivity (Wildman–Crippen MR) is 63.9 cm³/mol. The predicted octanol–water partition coefficient (Wildman–Crippen LogP) is 1.43. The number of nitrogens with two attached hydrogens (primary N) is 1. The number of aliphatic hydroxyl groups is 1. The summed E-state index contributed by atoms with van der Waals surface area (Å²) in [6.07, 6.45) is 1.93. The van der Waals surface area contributed by atoms with Crippen molar-refractivity contribution in [2.24, 2.45) is 0 Å². The van der Waals surface area contributed by atoms with Gasteiger partial charge in [0.2, 0.25) is 0 Å². The smallest absolute Gasteiger partial charge is 0.140 e. The lowest BCUT2D eigenvalue weighted by atomic mass is 10.2. The van der Waals surface area contributed by atoms with E-state index in [0.717, 1.165) is 22.8 Å². The number of hydrogen-bond donors (Lipinski definition) is 2. The Morgan fingerprint density at radius 3 is 2.62 bits per heavy atom. The zero-order valence-electron chi connectivity index (χ0n) is 9.22. The van der Waals surface area contributed by atoms with Crippen LogP contribution in [0.15, 0.2) is 30.5 Å². The Morgan fingerprint density at radius 1 is 1.31 bits per heavy atom. The summed E-state index contributed by atoms with van der Waals surface area (Å²) < 4.78 is 1.95. The Morgan fingerprint density at radius 2 is 2.00 bits per heavy atom. The molecule has 0 fully saturated rings. The molecule has 0 spiro atoms. The second kappa shape index (κ2) is 4.37. The number of aromatic nitrogens is 2. The van der Waals surface area contributed by atoms with Crippen molar-refractivity contribution in [1.82, 2.24) is 9.55 Å². The van der Waals surface area contributed by atoms with Gasteiger partial charge in [-0.05, 0) is 31.2 Å². The van der Waals surface area contributed by atoms with Crippen molar-refractivity contribution in [2.45, 2.75) is 13.5 Å². The van der Waals surface area contributed by atoms with Crippen molar-refractivity contribution in [3.63, 3.8) is 0 Å². The molecule has 3 N–H and O–H groups in total. The van der Waals surface area contributed by atoms with Crippen LogP contribution in [0.1, 0.15) is 5.69 Å². The normalized spacial score (nSPS) is 10.6. The number of aryl methyl sites for hydroxylation is 1. The summed E-state index contributed by atoms with van der Waals surface area (Å²) in [7, 11) is 0. The van der Waals surface area contributed by atoms with Gasteiger partial charge in [0.25, 0.3) is 0 Å². The van der Waals surface area contributed by atoms with Crippen molar-refractivity contribution < 1.29 is 5.11 Å². The fourth-order valence-corrected chi connectivity index (χ4v) is 1.69. The molecular weight excluding hydrogens is 202 g/mol. The van der Waals surface area contributed by atoms with Crippen molar-refractivity contribution in [1.29, 1.82) is 0 Å². The number of aliphatic hydroxyl groups excluding tert-OH is 1. The minimum absolute atomic E-state index is 0.109. The Labute approximate surface area is 94.4 Å². The van der Waals surface area contributed by atoms with Crippen molar-refractivity contribution in [3.8, 4) is 11.4 Å². The molecule has 0 amide bonds. The number of nitrogen functional groups attached to an aromatic ring is 1. The Bertz CT molecular complexity index is 474. The van der Waals surface area contributed by atoms with Crippen LogP contribution >= 0.6 is 0 Å². The highest BCUT2D eigenvalue weighted by Crippen LogP contribution is 2.20. The van der Waals surface area contributed by atoms with Crippen LogP contribution in [0.4, 0.5) is 5.69 Å². The van der Waals surface area contributed by atoms with Crippen molar-refractivity contribution in [2.75, 3.05) is 12.3 Å². The molecule has 4 heteroatoms. The molecule has 16 heavy (non-hydrogen) atoms. The first kappa shape index (κ1) is 10.7. The molecule has 0 saturated carbocycles. The molecule has 1 aromatic carbocycles. The number of imidazole rings is 1. The Kier molecular flexibility index (Phi) is 2.92. The van der Waals surface area contributed by atoms with Crippen LogP contribution in [0.25, 0.3) is 11.4 Å². The van der Waals surface area contributed by atoms with Gasteiger partial charge in [-0.3, -0.25) is 0 Å². The third-order valence-corrected chi connectivity index (χ3v) is 2.41. The maximum absolute atomic E-state index is 8.98. The van der Waals surface area contributed by atoms with Gasteiger partial charge < -0.3 is 15.4 Å². The van der Waals surface area contributed by atoms with Crippen LogP contribution in [0.3, 0.4) is 0 Å². The molecule has 1 heterocycles. The van der Waals surface area contributed by atoms with E-state index in [4.69, 9.17) is 10.8 Å². The summed E-state index contributed by atoms with van der Waals surface area (Å²) in [5.74, 6) is 0.867. The molecule has 0 radical (unpaired) electrons. The van der Waals surface area contributed by atoms with E-state index < -0.39 is 0 Å². The summed E-state index contributed by atoms with van der Waals surface area (Å²) >= 11 is 0. The number of anilines is 1. The largest absolute Gasteiger partial charge is 0.399 e. The van der Waals surface area contributed by atoms with E-state index in [9.17, 15) is 0 Å². The highest BCUT2D eigenvalue weighted by atomic mass is 16.3. The van der Waals surface area contributed by atoms with Crippen LogP contribution in [-0.2, 0) is 6.54 Å². The Hall–Kier alpha value is -1.81. The monoisotopic (exact) mass is 217 g/mol. The van der Waals surface area contributed by atoms with E-state index >= 15 is 0 Å². The van der Waals surface area contributed by atoms with Crippen LogP contribution in [-0.4, -0.2) is 21.3 Å². The Balaban J connectivity index is 2.42. The SMILES string of the molecule is Cc1cn(CCO)c(-c2ccc(N)cc2)n1. The van der Waals surface area contributed by atoms with Crippen LogP contribution in [0, 0.1) is 6.92 Å².